The normalized spacial score (nSPS) is 13.4. The van der Waals surface area contributed by atoms with Gasteiger partial charge < -0.3 is 19.7 Å². The summed E-state index contributed by atoms with van der Waals surface area (Å²) in [7, 11) is 3.10. The number of anilines is 1. The van der Waals surface area contributed by atoms with E-state index in [0.717, 1.165) is 25.9 Å². The summed E-state index contributed by atoms with van der Waals surface area (Å²) >= 11 is 0. The van der Waals surface area contributed by atoms with Gasteiger partial charge in [-0.2, -0.15) is 0 Å². The molecule has 3 rings (SSSR count). The first-order chi connectivity index (χ1) is 12.6. The van der Waals surface area contributed by atoms with Crippen LogP contribution in [0.4, 0.5) is 5.69 Å². The number of rotatable bonds is 5. The lowest BCUT2D eigenvalue weighted by Gasteiger charge is -2.15. The predicted octanol–water partition coefficient (Wildman–Crippen LogP) is 3.19. The van der Waals surface area contributed by atoms with E-state index >= 15 is 0 Å². The Balaban J connectivity index is 1.69. The molecule has 0 atom stereocenters. The first kappa shape index (κ1) is 17.8. The van der Waals surface area contributed by atoms with Gasteiger partial charge in [0.15, 0.2) is 11.5 Å². The molecular formula is C20H22N2O4. The van der Waals surface area contributed by atoms with Crippen molar-refractivity contribution in [3.8, 4) is 11.5 Å². The number of nitrogens with one attached hydrogen (secondary N) is 1. The van der Waals surface area contributed by atoms with E-state index in [9.17, 15) is 9.59 Å². The first-order valence-electron chi connectivity index (χ1n) is 8.55. The van der Waals surface area contributed by atoms with Crippen molar-refractivity contribution in [3.05, 3.63) is 53.6 Å². The molecular weight excluding hydrogens is 332 g/mol. The van der Waals surface area contributed by atoms with Crippen LogP contribution in [0.2, 0.25) is 0 Å². The molecule has 0 aromatic heterocycles. The lowest BCUT2D eigenvalue weighted by Crippen LogP contribution is -2.27. The molecule has 1 N–H and O–H groups in total. The minimum absolute atomic E-state index is 0.0225. The number of amides is 2. The third-order valence-electron chi connectivity index (χ3n) is 4.43. The summed E-state index contributed by atoms with van der Waals surface area (Å²) in [6, 6.07) is 11.9. The summed E-state index contributed by atoms with van der Waals surface area (Å²) in [4.78, 5) is 26.6. The molecule has 0 unspecified atom stereocenters. The lowest BCUT2D eigenvalue weighted by atomic mass is 10.1. The number of benzene rings is 2. The van der Waals surface area contributed by atoms with Crippen LogP contribution in [0.3, 0.4) is 0 Å². The van der Waals surface area contributed by atoms with Gasteiger partial charge in [0, 0.05) is 36.0 Å². The number of ether oxygens (including phenoxy) is 2. The Hall–Kier alpha value is -3.02. The van der Waals surface area contributed by atoms with Crippen LogP contribution < -0.4 is 14.8 Å². The van der Waals surface area contributed by atoms with Crippen molar-refractivity contribution < 1.29 is 19.1 Å². The van der Waals surface area contributed by atoms with Crippen molar-refractivity contribution in [1.29, 1.82) is 0 Å². The fourth-order valence-electron chi connectivity index (χ4n) is 2.98. The number of nitrogens with zero attached hydrogens (tertiary/aromatic N) is 1. The minimum atomic E-state index is -0.252. The maximum atomic E-state index is 12.4. The molecule has 6 heteroatoms. The van der Waals surface area contributed by atoms with Gasteiger partial charge in [-0.3, -0.25) is 9.59 Å². The summed E-state index contributed by atoms with van der Waals surface area (Å²) in [6.45, 7) is 1.61. The van der Waals surface area contributed by atoms with Gasteiger partial charge in [0.2, 0.25) is 0 Å². The molecule has 0 bridgehead atoms. The van der Waals surface area contributed by atoms with Crippen LogP contribution in [0.25, 0.3) is 0 Å². The van der Waals surface area contributed by atoms with E-state index < -0.39 is 0 Å². The maximum Gasteiger partial charge on any atom is 0.255 e. The molecule has 2 aromatic carbocycles. The van der Waals surface area contributed by atoms with Crippen molar-refractivity contribution >= 4 is 17.5 Å². The van der Waals surface area contributed by atoms with Crippen LogP contribution in [0.1, 0.15) is 33.6 Å². The smallest absolute Gasteiger partial charge is 0.255 e. The highest BCUT2D eigenvalue weighted by Crippen LogP contribution is 2.29. The Bertz CT molecular complexity index is 796. The zero-order valence-electron chi connectivity index (χ0n) is 15.0. The molecule has 1 saturated heterocycles. The largest absolute Gasteiger partial charge is 0.493 e. The van der Waals surface area contributed by atoms with E-state index in [2.05, 4.69) is 5.32 Å². The van der Waals surface area contributed by atoms with Crippen LogP contribution >= 0.6 is 0 Å². The van der Waals surface area contributed by atoms with E-state index in [1.807, 2.05) is 4.90 Å². The monoisotopic (exact) mass is 354 g/mol. The van der Waals surface area contributed by atoms with Crippen molar-refractivity contribution in [2.45, 2.75) is 12.8 Å². The molecule has 0 saturated carbocycles. The van der Waals surface area contributed by atoms with Gasteiger partial charge in [0.25, 0.3) is 11.8 Å². The molecule has 2 amide bonds. The third kappa shape index (κ3) is 3.79. The van der Waals surface area contributed by atoms with E-state index in [1.165, 1.54) is 0 Å². The Kier molecular flexibility index (Phi) is 5.41. The van der Waals surface area contributed by atoms with E-state index in [-0.39, 0.29) is 11.8 Å². The first-order valence-corrected chi connectivity index (χ1v) is 8.55. The second kappa shape index (κ2) is 7.91. The number of hydrogen-bond donors (Lipinski definition) is 1. The Morgan fingerprint density at radius 3 is 2.12 bits per heavy atom. The number of hydrogen-bond acceptors (Lipinski definition) is 4. The fraction of sp³-hybridized carbons (Fsp3) is 0.300. The van der Waals surface area contributed by atoms with Crippen LogP contribution in [-0.4, -0.2) is 44.0 Å². The fourth-order valence-corrected chi connectivity index (χ4v) is 2.98. The van der Waals surface area contributed by atoms with Crippen molar-refractivity contribution in [1.82, 2.24) is 4.90 Å². The molecule has 136 valence electrons. The summed E-state index contributed by atoms with van der Waals surface area (Å²) in [5.41, 5.74) is 1.69. The summed E-state index contributed by atoms with van der Waals surface area (Å²) in [6.07, 6.45) is 2.11. The van der Waals surface area contributed by atoms with Gasteiger partial charge in [-0.05, 0) is 49.2 Å². The molecule has 1 heterocycles. The van der Waals surface area contributed by atoms with Crippen LogP contribution in [0, 0.1) is 0 Å². The molecule has 1 aliphatic rings. The van der Waals surface area contributed by atoms with Gasteiger partial charge in [-0.25, -0.2) is 0 Å². The number of methoxy groups -OCH3 is 2. The van der Waals surface area contributed by atoms with Crippen molar-refractivity contribution in [3.63, 3.8) is 0 Å². The summed E-state index contributed by atoms with van der Waals surface area (Å²) < 4.78 is 10.4. The average Bonchev–Trinajstić information content (AvgIpc) is 3.22. The zero-order valence-corrected chi connectivity index (χ0v) is 15.0. The third-order valence-corrected chi connectivity index (χ3v) is 4.43. The summed E-state index contributed by atoms with van der Waals surface area (Å²) in [5, 5.41) is 2.82. The van der Waals surface area contributed by atoms with E-state index in [0.29, 0.717) is 28.3 Å². The second-order valence-corrected chi connectivity index (χ2v) is 6.10. The second-order valence-electron chi connectivity index (χ2n) is 6.10. The van der Waals surface area contributed by atoms with Gasteiger partial charge in [-0.15, -0.1) is 0 Å². The molecule has 0 aliphatic carbocycles. The highest BCUT2D eigenvalue weighted by Gasteiger charge is 2.19. The van der Waals surface area contributed by atoms with Crippen molar-refractivity contribution in [2.75, 3.05) is 32.6 Å². The van der Waals surface area contributed by atoms with Gasteiger partial charge in [0.1, 0.15) is 0 Å². The minimum Gasteiger partial charge on any atom is -0.493 e. The lowest BCUT2D eigenvalue weighted by molar-refractivity contribution is 0.0792. The number of carbonyl (C=O) groups excluding carboxylic acids is 2. The average molecular weight is 354 g/mol. The topological polar surface area (TPSA) is 67.9 Å². The van der Waals surface area contributed by atoms with Crippen LogP contribution in [-0.2, 0) is 0 Å². The molecule has 0 radical (unpaired) electrons. The highest BCUT2D eigenvalue weighted by atomic mass is 16.5. The quantitative estimate of drug-likeness (QED) is 0.895. The maximum absolute atomic E-state index is 12.4. The number of carbonyl (C=O) groups is 2. The summed E-state index contributed by atoms with van der Waals surface area (Å²) in [5.74, 6) is 0.902. The van der Waals surface area contributed by atoms with Gasteiger partial charge in [0.05, 0.1) is 14.2 Å². The Labute approximate surface area is 152 Å². The number of likely N-dealkylation sites (tertiary alicyclic amines) is 1. The zero-order chi connectivity index (χ0) is 18.5. The Morgan fingerprint density at radius 1 is 0.885 bits per heavy atom. The molecule has 2 aromatic rings. The molecule has 0 spiro atoms. The SMILES string of the molecule is COc1ccc(NC(=O)c2ccc(C(=O)N3CCCC3)cc2)cc1OC. The molecule has 1 fully saturated rings. The van der Waals surface area contributed by atoms with Gasteiger partial charge in [-0.1, -0.05) is 0 Å². The van der Waals surface area contributed by atoms with Crippen molar-refractivity contribution in [2.24, 2.45) is 0 Å². The molecule has 26 heavy (non-hydrogen) atoms. The molecule has 1 aliphatic heterocycles. The van der Waals surface area contributed by atoms with Gasteiger partial charge >= 0.3 is 0 Å². The predicted molar refractivity (Wildman–Crippen MR) is 99.1 cm³/mol. The standard InChI is InChI=1S/C20H22N2O4/c1-25-17-10-9-16(13-18(17)26-2)21-19(23)14-5-7-15(8-6-14)20(24)22-11-3-4-12-22/h5-10,13H,3-4,11-12H2,1-2H3,(H,21,23). The van der Waals surface area contributed by atoms with E-state index in [1.54, 1.807) is 56.7 Å². The highest BCUT2D eigenvalue weighted by molar-refractivity contribution is 6.05. The molecule has 6 nitrogen and oxygen atoms in total. The Morgan fingerprint density at radius 2 is 1.50 bits per heavy atom. The van der Waals surface area contributed by atoms with E-state index in [4.69, 9.17) is 9.47 Å². The van der Waals surface area contributed by atoms with Crippen LogP contribution in [0.5, 0.6) is 11.5 Å². The van der Waals surface area contributed by atoms with Crippen LogP contribution in [0.15, 0.2) is 42.5 Å².